The fourth-order valence-corrected chi connectivity index (χ4v) is 2.01. The van der Waals surface area contributed by atoms with Gasteiger partial charge in [-0.25, -0.2) is 0 Å². The minimum atomic E-state index is -0.345. The van der Waals surface area contributed by atoms with Crippen LogP contribution in [0.1, 0.15) is 47.0 Å². The van der Waals surface area contributed by atoms with E-state index in [1.165, 1.54) is 0 Å². The summed E-state index contributed by atoms with van der Waals surface area (Å²) < 4.78 is 0. The smallest absolute Gasteiger partial charge is 0.229 e. The summed E-state index contributed by atoms with van der Waals surface area (Å²) in [5, 5.41) is 0. The highest BCUT2D eigenvalue weighted by molar-refractivity contribution is 5.82. The predicted octanol–water partition coefficient (Wildman–Crippen LogP) is 2.26. The molecule has 0 saturated carbocycles. The molecule has 2 N–H and O–H groups in total. The van der Waals surface area contributed by atoms with Gasteiger partial charge in [-0.05, 0) is 18.8 Å². The molecule has 0 aliphatic carbocycles. The van der Waals surface area contributed by atoms with Crippen molar-refractivity contribution in [3.63, 3.8) is 0 Å². The molecule has 0 radical (unpaired) electrons. The van der Waals surface area contributed by atoms with Gasteiger partial charge in [-0.1, -0.05) is 34.1 Å². The second-order valence-electron chi connectivity index (χ2n) is 4.89. The van der Waals surface area contributed by atoms with Crippen LogP contribution < -0.4 is 5.73 Å². The van der Waals surface area contributed by atoms with Crippen LogP contribution in [0.15, 0.2) is 0 Å². The molecule has 0 aliphatic heterocycles. The molecular weight excluding hydrogens is 200 g/mol. The number of hydrogen-bond acceptors (Lipinski definition) is 2. The lowest BCUT2D eigenvalue weighted by atomic mass is 9.81. The van der Waals surface area contributed by atoms with Gasteiger partial charge >= 0.3 is 0 Å². The van der Waals surface area contributed by atoms with Crippen LogP contribution in [0.5, 0.6) is 0 Å². The molecule has 1 amide bonds. The van der Waals surface area contributed by atoms with Gasteiger partial charge in [0, 0.05) is 20.1 Å². The van der Waals surface area contributed by atoms with E-state index in [2.05, 4.69) is 13.8 Å². The first-order chi connectivity index (χ1) is 7.47. The van der Waals surface area contributed by atoms with Gasteiger partial charge in [0.05, 0.1) is 5.41 Å². The Balaban J connectivity index is 4.61. The second-order valence-corrected chi connectivity index (χ2v) is 4.89. The molecule has 0 aliphatic rings. The van der Waals surface area contributed by atoms with Crippen LogP contribution in [-0.2, 0) is 4.79 Å². The first kappa shape index (κ1) is 15.4. The lowest BCUT2D eigenvalue weighted by Crippen LogP contribution is -2.47. The van der Waals surface area contributed by atoms with Crippen molar-refractivity contribution in [3.05, 3.63) is 0 Å². The zero-order valence-electron chi connectivity index (χ0n) is 11.5. The third kappa shape index (κ3) is 3.48. The van der Waals surface area contributed by atoms with E-state index in [0.29, 0.717) is 12.5 Å². The van der Waals surface area contributed by atoms with Gasteiger partial charge in [-0.3, -0.25) is 4.79 Å². The van der Waals surface area contributed by atoms with Crippen LogP contribution in [0, 0.1) is 11.3 Å². The summed E-state index contributed by atoms with van der Waals surface area (Å²) in [7, 11) is 1.89. The molecule has 3 heteroatoms. The molecule has 1 atom stereocenters. The van der Waals surface area contributed by atoms with Crippen molar-refractivity contribution in [1.29, 1.82) is 0 Å². The van der Waals surface area contributed by atoms with E-state index in [1.807, 2.05) is 25.8 Å². The molecule has 16 heavy (non-hydrogen) atoms. The number of nitrogens with zero attached hydrogens (tertiary/aromatic N) is 1. The maximum atomic E-state index is 12.4. The van der Waals surface area contributed by atoms with Crippen molar-refractivity contribution in [1.82, 2.24) is 4.90 Å². The molecule has 0 fully saturated rings. The topological polar surface area (TPSA) is 46.3 Å². The van der Waals surface area contributed by atoms with E-state index in [4.69, 9.17) is 5.73 Å². The largest absolute Gasteiger partial charge is 0.345 e. The zero-order chi connectivity index (χ0) is 12.8. The number of nitrogens with two attached hydrogens (primary N) is 1. The van der Waals surface area contributed by atoms with E-state index in [0.717, 1.165) is 25.8 Å². The molecular formula is C13H28N2O. The molecule has 3 nitrogen and oxygen atoms in total. The molecule has 0 rings (SSSR count). The quantitative estimate of drug-likeness (QED) is 0.726. The Kier molecular flexibility index (Phi) is 6.65. The maximum absolute atomic E-state index is 12.4. The van der Waals surface area contributed by atoms with Crippen molar-refractivity contribution in [2.45, 2.75) is 47.0 Å². The summed E-state index contributed by atoms with van der Waals surface area (Å²) in [6, 6.07) is 0. The number of carbonyl (C=O) groups excluding carboxylic acids is 1. The van der Waals surface area contributed by atoms with Crippen molar-refractivity contribution in [2.75, 3.05) is 20.1 Å². The Morgan fingerprint density at radius 2 is 1.81 bits per heavy atom. The Bertz CT molecular complexity index is 204. The lowest BCUT2D eigenvalue weighted by molar-refractivity contribution is -0.141. The number of rotatable bonds is 7. The second kappa shape index (κ2) is 6.89. The number of hydrogen-bond donors (Lipinski definition) is 1. The maximum Gasteiger partial charge on any atom is 0.229 e. The van der Waals surface area contributed by atoms with Gasteiger partial charge in [0.2, 0.25) is 5.91 Å². The van der Waals surface area contributed by atoms with E-state index in [9.17, 15) is 4.79 Å². The van der Waals surface area contributed by atoms with Gasteiger partial charge in [-0.15, -0.1) is 0 Å². The van der Waals surface area contributed by atoms with Crippen LogP contribution in [0.4, 0.5) is 0 Å². The van der Waals surface area contributed by atoms with Crippen molar-refractivity contribution >= 4 is 5.91 Å². The molecule has 96 valence electrons. The summed E-state index contributed by atoms with van der Waals surface area (Å²) in [4.78, 5) is 14.2. The minimum absolute atomic E-state index is 0.209. The van der Waals surface area contributed by atoms with Crippen molar-refractivity contribution in [2.24, 2.45) is 17.1 Å². The zero-order valence-corrected chi connectivity index (χ0v) is 11.5. The molecule has 0 bridgehead atoms. The Morgan fingerprint density at radius 1 is 1.31 bits per heavy atom. The highest BCUT2D eigenvalue weighted by atomic mass is 16.2. The predicted molar refractivity (Wildman–Crippen MR) is 69.2 cm³/mol. The number of amides is 1. The van der Waals surface area contributed by atoms with Crippen molar-refractivity contribution < 1.29 is 4.79 Å². The Morgan fingerprint density at radius 3 is 2.12 bits per heavy atom. The standard InChI is InChI=1S/C13H28N2O/c1-6-11(4)9-15(5)12(16)13(7-2,8-3)10-14/h11H,6-10,14H2,1-5H3. The first-order valence-electron chi connectivity index (χ1n) is 6.43. The lowest BCUT2D eigenvalue weighted by Gasteiger charge is -2.34. The summed E-state index contributed by atoms with van der Waals surface area (Å²) >= 11 is 0. The summed E-state index contributed by atoms with van der Waals surface area (Å²) in [6.45, 7) is 9.70. The molecule has 0 aromatic rings. The third-order valence-corrected chi connectivity index (χ3v) is 3.83. The minimum Gasteiger partial charge on any atom is -0.345 e. The molecule has 0 aromatic heterocycles. The Labute approximate surface area is 100 Å². The SMILES string of the molecule is CCC(C)CN(C)C(=O)C(CC)(CC)CN. The van der Waals surface area contributed by atoms with Gasteiger partial charge in [0.25, 0.3) is 0 Å². The van der Waals surface area contributed by atoms with Gasteiger partial charge in [0.15, 0.2) is 0 Å². The third-order valence-electron chi connectivity index (χ3n) is 3.83. The van der Waals surface area contributed by atoms with Crippen LogP contribution >= 0.6 is 0 Å². The van der Waals surface area contributed by atoms with E-state index in [1.54, 1.807) is 0 Å². The highest BCUT2D eigenvalue weighted by Crippen LogP contribution is 2.27. The highest BCUT2D eigenvalue weighted by Gasteiger charge is 2.35. The Hall–Kier alpha value is -0.570. The molecule has 0 saturated heterocycles. The van der Waals surface area contributed by atoms with Gasteiger partial charge in [-0.2, -0.15) is 0 Å². The van der Waals surface area contributed by atoms with Crippen molar-refractivity contribution in [3.8, 4) is 0 Å². The van der Waals surface area contributed by atoms with E-state index in [-0.39, 0.29) is 11.3 Å². The summed E-state index contributed by atoms with van der Waals surface area (Å²) in [5.41, 5.74) is 5.44. The van der Waals surface area contributed by atoms with Crippen LogP contribution in [0.3, 0.4) is 0 Å². The summed E-state index contributed by atoms with van der Waals surface area (Å²) in [5.74, 6) is 0.762. The van der Waals surface area contributed by atoms with Crippen LogP contribution in [0.25, 0.3) is 0 Å². The normalized spacial score (nSPS) is 13.6. The number of carbonyl (C=O) groups is 1. The molecule has 1 unspecified atom stereocenters. The van der Waals surface area contributed by atoms with E-state index < -0.39 is 0 Å². The average molecular weight is 228 g/mol. The summed E-state index contributed by atoms with van der Waals surface area (Å²) in [6.07, 6.45) is 2.75. The van der Waals surface area contributed by atoms with E-state index >= 15 is 0 Å². The fraction of sp³-hybridized carbons (Fsp3) is 0.923. The molecule has 0 spiro atoms. The fourth-order valence-electron chi connectivity index (χ4n) is 2.01. The first-order valence-corrected chi connectivity index (χ1v) is 6.43. The molecule has 0 heterocycles. The van der Waals surface area contributed by atoms with Crippen LogP contribution in [0.2, 0.25) is 0 Å². The van der Waals surface area contributed by atoms with Gasteiger partial charge < -0.3 is 10.6 Å². The molecule has 0 aromatic carbocycles. The van der Waals surface area contributed by atoms with Gasteiger partial charge in [0.1, 0.15) is 0 Å². The average Bonchev–Trinajstić information content (AvgIpc) is 2.31. The van der Waals surface area contributed by atoms with Crippen LogP contribution in [-0.4, -0.2) is 30.9 Å². The monoisotopic (exact) mass is 228 g/mol.